The highest BCUT2D eigenvalue weighted by Gasteiger charge is 2.38. The Morgan fingerprint density at radius 3 is 2.27 bits per heavy atom. The van der Waals surface area contributed by atoms with Crippen LogP contribution in [0, 0.1) is 5.92 Å². The van der Waals surface area contributed by atoms with Crippen molar-refractivity contribution in [1.82, 2.24) is 20.2 Å². The van der Waals surface area contributed by atoms with E-state index in [2.05, 4.69) is 34.1 Å². The van der Waals surface area contributed by atoms with Crippen molar-refractivity contribution < 1.29 is 9.80 Å². The van der Waals surface area contributed by atoms with E-state index in [-0.39, 0.29) is 0 Å². The lowest BCUT2D eigenvalue weighted by molar-refractivity contribution is -1.04. The summed E-state index contributed by atoms with van der Waals surface area (Å²) in [7, 11) is 0. The molecule has 2 heterocycles. The first kappa shape index (κ1) is 18.4. The van der Waals surface area contributed by atoms with E-state index in [1.54, 1.807) is 4.90 Å². The quantitative estimate of drug-likeness (QED) is 0.779. The summed E-state index contributed by atoms with van der Waals surface area (Å²) < 4.78 is 2.21. The molecule has 1 saturated heterocycles. The van der Waals surface area contributed by atoms with Crippen molar-refractivity contribution in [2.24, 2.45) is 5.92 Å². The molecule has 0 bridgehead atoms. The molecule has 1 aromatic rings. The Morgan fingerprint density at radius 2 is 1.62 bits per heavy atom. The molecule has 4 rings (SSSR count). The number of nitrogens with zero attached hydrogens (tertiary/aromatic N) is 4. The van der Waals surface area contributed by atoms with Crippen molar-refractivity contribution >= 4 is 0 Å². The highest BCUT2D eigenvalue weighted by atomic mass is 15.6. The van der Waals surface area contributed by atoms with Gasteiger partial charge in [-0.3, -0.25) is 0 Å². The van der Waals surface area contributed by atoms with E-state index >= 15 is 0 Å². The standard InChI is InChI=1S/C20H36N6/c1-16(2)15-19(20-21-22-23-26(20)18-9-5-6-10-18)25-13-11-24(12-14-25)17-7-3-4-8-17/h16-19H,3-15H2,1-2H3/p+2/t19-/m0/s1. The third-order valence-corrected chi connectivity index (χ3v) is 7.17. The van der Waals surface area contributed by atoms with Crippen LogP contribution in [0.1, 0.15) is 89.5 Å². The fourth-order valence-corrected chi connectivity index (χ4v) is 5.75. The van der Waals surface area contributed by atoms with Crippen molar-refractivity contribution in [1.29, 1.82) is 0 Å². The molecule has 3 fully saturated rings. The van der Waals surface area contributed by atoms with Crippen molar-refractivity contribution in [2.45, 2.75) is 89.8 Å². The summed E-state index contributed by atoms with van der Waals surface area (Å²) in [6.07, 6.45) is 12.2. The van der Waals surface area contributed by atoms with Crippen LogP contribution in [-0.4, -0.2) is 52.4 Å². The predicted octanol–water partition coefficient (Wildman–Crippen LogP) is 0.601. The van der Waals surface area contributed by atoms with Gasteiger partial charge < -0.3 is 9.80 Å². The molecule has 0 aromatic carbocycles. The second-order valence-corrected chi connectivity index (χ2v) is 9.40. The monoisotopic (exact) mass is 362 g/mol. The summed E-state index contributed by atoms with van der Waals surface area (Å²) in [5.41, 5.74) is 0. The van der Waals surface area contributed by atoms with Gasteiger partial charge in [0.15, 0.2) is 6.04 Å². The lowest BCUT2D eigenvalue weighted by Gasteiger charge is -2.37. The maximum atomic E-state index is 4.56. The number of quaternary nitrogens is 2. The first-order chi connectivity index (χ1) is 12.7. The zero-order valence-electron chi connectivity index (χ0n) is 16.8. The molecule has 0 radical (unpaired) electrons. The molecule has 146 valence electrons. The van der Waals surface area contributed by atoms with Crippen LogP contribution in [0.5, 0.6) is 0 Å². The van der Waals surface area contributed by atoms with Crippen LogP contribution >= 0.6 is 0 Å². The van der Waals surface area contributed by atoms with Crippen molar-refractivity contribution in [3.8, 4) is 0 Å². The van der Waals surface area contributed by atoms with E-state index in [0.29, 0.717) is 18.0 Å². The van der Waals surface area contributed by atoms with Crippen molar-refractivity contribution in [2.75, 3.05) is 26.2 Å². The first-order valence-electron chi connectivity index (χ1n) is 11.2. The summed E-state index contributed by atoms with van der Waals surface area (Å²) in [5, 5.41) is 13.1. The van der Waals surface area contributed by atoms with Gasteiger partial charge in [0, 0.05) is 6.42 Å². The molecule has 2 N–H and O–H groups in total. The average Bonchev–Trinajstić information content (AvgIpc) is 3.41. The second-order valence-electron chi connectivity index (χ2n) is 9.40. The van der Waals surface area contributed by atoms with Crippen molar-refractivity contribution in [3.63, 3.8) is 0 Å². The molecular weight excluding hydrogens is 324 g/mol. The minimum atomic E-state index is 0.468. The van der Waals surface area contributed by atoms with Crippen LogP contribution in [0.15, 0.2) is 0 Å². The van der Waals surface area contributed by atoms with Crippen LogP contribution in [0.25, 0.3) is 0 Å². The van der Waals surface area contributed by atoms with Crippen LogP contribution in [-0.2, 0) is 0 Å². The van der Waals surface area contributed by atoms with Crippen LogP contribution in [0.4, 0.5) is 0 Å². The van der Waals surface area contributed by atoms with E-state index in [9.17, 15) is 0 Å². The smallest absolute Gasteiger partial charge is 0.209 e. The zero-order chi connectivity index (χ0) is 17.9. The molecule has 1 aliphatic heterocycles. The normalized spacial score (nSPS) is 29.7. The van der Waals surface area contributed by atoms with Gasteiger partial charge in [-0.25, -0.2) is 4.68 Å². The fourth-order valence-electron chi connectivity index (χ4n) is 5.75. The van der Waals surface area contributed by atoms with E-state index in [1.165, 1.54) is 89.8 Å². The third-order valence-electron chi connectivity index (χ3n) is 7.17. The first-order valence-corrected chi connectivity index (χ1v) is 11.2. The van der Waals surface area contributed by atoms with Crippen LogP contribution in [0.3, 0.4) is 0 Å². The van der Waals surface area contributed by atoms with E-state index in [0.717, 1.165) is 6.04 Å². The molecule has 6 heteroatoms. The van der Waals surface area contributed by atoms with Gasteiger partial charge in [-0.2, -0.15) is 0 Å². The van der Waals surface area contributed by atoms with Gasteiger partial charge in [0.2, 0.25) is 5.82 Å². The average molecular weight is 363 g/mol. The lowest BCUT2D eigenvalue weighted by Crippen LogP contribution is -3.29. The topological polar surface area (TPSA) is 52.5 Å². The number of piperazine rings is 1. The van der Waals surface area contributed by atoms with Crippen LogP contribution in [0.2, 0.25) is 0 Å². The number of rotatable bonds is 6. The summed E-state index contributed by atoms with van der Waals surface area (Å²) >= 11 is 0. The van der Waals surface area contributed by atoms with E-state index in [1.807, 2.05) is 4.90 Å². The molecule has 0 amide bonds. The molecule has 2 aliphatic carbocycles. The van der Waals surface area contributed by atoms with Gasteiger partial charge in [-0.15, -0.1) is 5.10 Å². The number of aromatic nitrogens is 4. The van der Waals surface area contributed by atoms with Gasteiger partial charge in [0.05, 0.1) is 12.1 Å². The minimum absolute atomic E-state index is 0.468. The summed E-state index contributed by atoms with van der Waals surface area (Å²) in [6, 6.07) is 1.96. The maximum Gasteiger partial charge on any atom is 0.209 e. The zero-order valence-corrected chi connectivity index (χ0v) is 16.8. The Morgan fingerprint density at radius 1 is 0.962 bits per heavy atom. The number of hydrogen-bond acceptors (Lipinski definition) is 3. The minimum Gasteiger partial charge on any atom is -0.323 e. The van der Waals surface area contributed by atoms with E-state index < -0.39 is 0 Å². The number of hydrogen-bond donors (Lipinski definition) is 2. The number of tetrazole rings is 1. The molecule has 1 atom stereocenters. The molecule has 1 aromatic heterocycles. The Bertz CT molecular complexity index is 550. The predicted molar refractivity (Wildman–Crippen MR) is 101 cm³/mol. The largest absolute Gasteiger partial charge is 0.323 e. The second kappa shape index (κ2) is 8.34. The summed E-state index contributed by atoms with van der Waals surface area (Å²) in [6.45, 7) is 9.91. The fraction of sp³-hybridized carbons (Fsp3) is 0.950. The SMILES string of the molecule is CC(C)C[C@@H](c1nnnn1C1CCCC1)[NH+]1CC[NH+](C2CCCC2)CC1. The molecular formula is C20H38N6+2. The van der Waals surface area contributed by atoms with Gasteiger partial charge in [0.25, 0.3) is 0 Å². The maximum absolute atomic E-state index is 4.56. The molecule has 26 heavy (non-hydrogen) atoms. The van der Waals surface area contributed by atoms with Gasteiger partial charge >= 0.3 is 0 Å². The summed E-state index contributed by atoms with van der Waals surface area (Å²) in [4.78, 5) is 3.61. The Labute approximate surface area is 158 Å². The molecule has 6 nitrogen and oxygen atoms in total. The lowest BCUT2D eigenvalue weighted by atomic mass is 10.00. The number of nitrogens with one attached hydrogen (secondary N) is 2. The summed E-state index contributed by atoms with van der Waals surface area (Å²) in [5.74, 6) is 1.85. The van der Waals surface area contributed by atoms with Crippen LogP contribution < -0.4 is 9.80 Å². The van der Waals surface area contributed by atoms with Crippen molar-refractivity contribution in [3.05, 3.63) is 5.82 Å². The molecule has 3 aliphatic rings. The van der Waals surface area contributed by atoms with Gasteiger partial charge in [-0.1, -0.05) is 26.7 Å². The molecule has 2 saturated carbocycles. The molecule has 0 spiro atoms. The van der Waals surface area contributed by atoms with E-state index in [4.69, 9.17) is 0 Å². The Kier molecular flexibility index (Phi) is 5.89. The highest BCUT2D eigenvalue weighted by Crippen LogP contribution is 2.30. The Hall–Kier alpha value is -1.01. The van der Waals surface area contributed by atoms with Gasteiger partial charge in [0.1, 0.15) is 26.2 Å². The third kappa shape index (κ3) is 3.96. The highest BCUT2D eigenvalue weighted by molar-refractivity contribution is 4.92. The Balaban J connectivity index is 1.46. The molecule has 0 unspecified atom stereocenters. The van der Waals surface area contributed by atoms with Gasteiger partial charge in [-0.05, 0) is 54.9 Å².